The van der Waals surface area contributed by atoms with E-state index in [1.165, 1.54) is 13.0 Å². The average molecular weight is 764 g/mol. The number of unbranched alkanes of at least 4 members (excludes halogenated alkanes) is 6. The Hall–Kier alpha value is -4.02. The lowest BCUT2D eigenvalue weighted by Crippen LogP contribution is -2.25. The number of halogens is 2. The number of hydrogen-bond acceptors (Lipinski definition) is 10. The Balaban J connectivity index is 0.000000371. The van der Waals surface area contributed by atoms with Gasteiger partial charge in [0.2, 0.25) is 0 Å². The molecule has 1 aliphatic carbocycles. The Kier molecular flexibility index (Phi) is 21.9. The predicted molar refractivity (Wildman–Crippen MR) is 201 cm³/mol. The van der Waals surface area contributed by atoms with Crippen molar-refractivity contribution < 1.29 is 47.6 Å². The van der Waals surface area contributed by atoms with Crippen molar-refractivity contribution in [1.82, 2.24) is 0 Å². The zero-order chi connectivity index (χ0) is 38.1. The molecule has 0 N–H and O–H groups in total. The highest BCUT2D eigenvalue weighted by molar-refractivity contribution is 6.32. The maximum Gasteiger partial charge on any atom is 0.330 e. The van der Waals surface area contributed by atoms with Crippen LogP contribution in [0.25, 0.3) is 0 Å². The van der Waals surface area contributed by atoms with Crippen molar-refractivity contribution >= 4 is 47.1 Å². The van der Waals surface area contributed by atoms with Crippen molar-refractivity contribution in [2.45, 2.75) is 90.9 Å². The molecule has 1 saturated carbocycles. The third-order valence-electron chi connectivity index (χ3n) is 8.06. The van der Waals surface area contributed by atoms with E-state index in [2.05, 4.69) is 20.1 Å². The summed E-state index contributed by atoms with van der Waals surface area (Å²) in [6, 6.07) is 10.1. The lowest BCUT2D eigenvalue weighted by atomic mass is 9.83. The summed E-state index contributed by atoms with van der Waals surface area (Å²) in [6.45, 7) is 12.2. The van der Waals surface area contributed by atoms with Gasteiger partial charge in [-0.3, -0.25) is 9.59 Å². The highest BCUT2D eigenvalue weighted by atomic mass is 35.5. The molecule has 0 unspecified atom stereocenters. The van der Waals surface area contributed by atoms with Gasteiger partial charge in [-0.25, -0.2) is 9.59 Å². The SMILES string of the molecule is C=CC(=O)OCCCCCCOc1ccc(OC(=O)C2CCC(C)CC2)c(Cl)c1.C=CC(=O)OCCCCCCOc1ccc(OC(C)=O)c(Cl)c1. The topological polar surface area (TPSA) is 124 Å². The van der Waals surface area contributed by atoms with Gasteiger partial charge in [0.15, 0.2) is 0 Å². The number of carbonyl (C=O) groups excluding carboxylic acids is 4. The molecule has 0 aromatic heterocycles. The van der Waals surface area contributed by atoms with E-state index in [0.717, 1.165) is 83.1 Å². The van der Waals surface area contributed by atoms with Gasteiger partial charge >= 0.3 is 23.9 Å². The fourth-order valence-corrected chi connectivity index (χ4v) is 5.53. The number of ether oxygens (including phenoxy) is 6. The fraction of sp³-hybridized carbons (Fsp3) is 0.500. The maximum absolute atomic E-state index is 12.3. The molecule has 2 aromatic carbocycles. The van der Waals surface area contributed by atoms with Crippen LogP contribution in [0.15, 0.2) is 61.7 Å². The predicted octanol–water partition coefficient (Wildman–Crippen LogP) is 9.67. The second kappa shape index (κ2) is 25.9. The van der Waals surface area contributed by atoms with E-state index in [0.29, 0.717) is 65.4 Å². The highest BCUT2D eigenvalue weighted by Crippen LogP contribution is 2.33. The Morgan fingerprint density at radius 3 is 1.48 bits per heavy atom. The van der Waals surface area contributed by atoms with Gasteiger partial charge in [0.25, 0.3) is 0 Å². The van der Waals surface area contributed by atoms with E-state index in [1.54, 1.807) is 36.4 Å². The number of carbonyl (C=O) groups is 4. The molecule has 1 fully saturated rings. The van der Waals surface area contributed by atoms with Crippen LogP contribution in [0.1, 0.15) is 90.9 Å². The minimum atomic E-state index is -0.417. The Bertz CT molecular complexity index is 1440. The zero-order valence-electron chi connectivity index (χ0n) is 30.3. The summed E-state index contributed by atoms with van der Waals surface area (Å²) < 4.78 is 31.6. The van der Waals surface area contributed by atoms with Gasteiger partial charge in [-0.05, 0) is 107 Å². The summed E-state index contributed by atoms with van der Waals surface area (Å²) in [5.74, 6) is 1.28. The quantitative estimate of drug-likeness (QED) is 0.0526. The van der Waals surface area contributed by atoms with E-state index in [-0.39, 0.29) is 23.8 Å². The van der Waals surface area contributed by atoms with Gasteiger partial charge in [0.1, 0.15) is 23.0 Å². The molecule has 2 aromatic rings. The van der Waals surface area contributed by atoms with Gasteiger partial charge < -0.3 is 28.4 Å². The van der Waals surface area contributed by atoms with Crippen LogP contribution in [0, 0.1) is 11.8 Å². The van der Waals surface area contributed by atoms with Crippen LogP contribution >= 0.6 is 23.2 Å². The molecule has 12 heteroatoms. The molecule has 0 atom stereocenters. The normalized spacial score (nSPS) is 14.8. The third kappa shape index (κ3) is 19.0. The molecule has 286 valence electrons. The molecule has 0 radical (unpaired) electrons. The Morgan fingerprint density at radius 1 is 0.654 bits per heavy atom. The molecule has 0 aliphatic heterocycles. The van der Waals surface area contributed by atoms with E-state index >= 15 is 0 Å². The Labute approximate surface area is 317 Å². The first kappa shape index (κ1) is 44.1. The molecule has 0 bridgehead atoms. The minimum absolute atomic E-state index is 0.0292. The molecule has 10 nitrogen and oxygen atoms in total. The molecular weight excluding hydrogens is 711 g/mol. The summed E-state index contributed by atoms with van der Waals surface area (Å²) in [7, 11) is 0. The third-order valence-corrected chi connectivity index (χ3v) is 8.65. The summed E-state index contributed by atoms with van der Waals surface area (Å²) in [6.07, 6.45) is 13.5. The molecule has 1 aliphatic rings. The number of benzene rings is 2. The summed E-state index contributed by atoms with van der Waals surface area (Å²) in [5.41, 5.74) is 0. The monoisotopic (exact) mass is 762 g/mol. The van der Waals surface area contributed by atoms with Crippen molar-refractivity contribution in [3.8, 4) is 23.0 Å². The van der Waals surface area contributed by atoms with E-state index < -0.39 is 5.97 Å². The standard InChI is InChI=1S/C23H31ClO5.C17H21ClO5/c1-3-22(25)28-15-7-5-4-6-14-27-19-12-13-21(20(24)16-19)29-23(26)18-10-8-17(2)9-11-18;1-3-17(20)22-11-7-5-4-6-10-21-14-8-9-16(15(18)12-14)23-13(2)19/h3,12-13,16-18H,1,4-11,14-15H2,2H3;3,8-9,12H,1,4-7,10-11H2,2H3. The first-order chi connectivity index (χ1) is 25.0. The largest absolute Gasteiger partial charge is 0.494 e. The first-order valence-electron chi connectivity index (χ1n) is 17.9. The zero-order valence-corrected chi connectivity index (χ0v) is 31.9. The van der Waals surface area contributed by atoms with Crippen molar-refractivity contribution in [3.63, 3.8) is 0 Å². The van der Waals surface area contributed by atoms with Crippen LogP contribution in [-0.4, -0.2) is 50.3 Å². The van der Waals surface area contributed by atoms with Gasteiger partial charge in [0.05, 0.1) is 42.4 Å². The van der Waals surface area contributed by atoms with Crippen molar-refractivity contribution in [3.05, 3.63) is 71.8 Å². The maximum atomic E-state index is 12.3. The van der Waals surface area contributed by atoms with Crippen LogP contribution in [-0.2, 0) is 28.7 Å². The molecule has 52 heavy (non-hydrogen) atoms. The van der Waals surface area contributed by atoms with Crippen molar-refractivity contribution in [1.29, 1.82) is 0 Å². The van der Waals surface area contributed by atoms with Gasteiger partial charge in [-0.15, -0.1) is 0 Å². The van der Waals surface area contributed by atoms with Gasteiger partial charge in [0, 0.05) is 31.2 Å². The molecule has 0 heterocycles. The summed E-state index contributed by atoms with van der Waals surface area (Å²) in [5, 5.41) is 0.714. The number of hydrogen-bond donors (Lipinski definition) is 0. The lowest BCUT2D eigenvalue weighted by molar-refractivity contribution is -0.140. The Morgan fingerprint density at radius 2 is 1.08 bits per heavy atom. The molecule has 0 amide bonds. The molecular formula is C40H52Cl2O10. The smallest absolute Gasteiger partial charge is 0.330 e. The second-order valence-corrected chi connectivity index (χ2v) is 13.2. The summed E-state index contributed by atoms with van der Waals surface area (Å²) >= 11 is 12.3. The van der Waals surface area contributed by atoms with E-state index in [9.17, 15) is 19.2 Å². The van der Waals surface area contributed by atoms with Crippen LogP contribution in [0.5, 0.6) is 23.0 Å². The highest BCUT2D eigenvalue weighted by Gasteiger charge is 2.26. The van der Waals surface area contributed by atoms with E-state index in [1.807, 2.05) is 0 Å². The van der Waals surface area contributed by atoms with Crippen LogP contribution in [0.4, 0.5) is 0 Å². The second-order valence-electron chi connectivity index (χ2n) is 12.4. The molecule has 3 rings (SSSR count). The number of esters is 4. The van der Waals surface area contributed by atoms with Crippen LogP contribution in [0.3, 0.4) is 0 Å². The van der Waals surface area contributed by atoms with Crippen LogP contribution in [0.2, 0.25) is 10.0 Å². The fourth-order valence-electron chi connectivity index (χ4n) is 5.11. The first-order valence-corrected chi connectivity index (χ1v) is 18.6. The summed E-state index contributed by atoms with van der Waals surface area (Å²) in [4.78, 5) is 44.9. The lowest BCUT2D eigenvalue weighted by Gasteiger charge is -2.24. The van der Waals surface area contributed by atoms with Crippen molar-refractivity contribution in [2.24, 2.45) is 11.8 Å². The van der Waals surface area contributed by atoms with E-state index in [4.69, 9.17) is 51.6 Å². The molecule has 0 saturated heterocycles. The van der Waals surface area contributed by atoms with Crippen LogP contribution < -0.4 is 18.9 Å². The van der Waals surface area contributed by atoms with Gasteiger partial charge in [-0.1, -0.05) is 43.3 Å². The molecule has 0 spiro atoms. The van der Waals surface area contributed by atoms with Gasteiger partial charge in [-0.2, -0.15) is 0 Å². The average Bonchev–Trinajstić information content (AvgIpc) is 3.12. The van der Waals surface area contributed by atoms with Crippen molar-refractivity contribution in [2.75, 3.05) is 26.4 Å². The minimum Gasteiger partial charge on any atom is -0.494 e. The number of rotatable bonds is 21.